The van der Waals surface area contributed by atoms with Gasteiger partial charge in [0, 0.05) is 5.92 Å². The maximum absolute atomic E-state index is 6.61. The van der Waals surface area contributed by atoms with Gasteiger partial charge < -0.3 is 9.47 Å². The van der Waals surface area contributed by atoms with E-state index in [4.69, 9.17) is 21.1 Å². The van der Waals surface area contributed by atoms with Crippen LogP contribution >= 0.6 is 11.6 Å². The lowest BCUT2D eigenvalue weighted by Gasteiger charge is -2.19. The van der Waals surface area contributed by atoms with E-state index in [1.165, 1.54) is 12.8 Å². The monoisotopic (exact) mass is 280 g/mol. The lowest BCUT2D eigenvalue weighted by atomic mass is 9.96. The number of hydrogen-bond donors (Lipinski definition) is 0. The van der Waals surface area contributed by atoms with E-state index < -0.39 is 0 Å². The van der Waals surface area contributed by atoms with Gasteiger partial charge in [-0.15, -0.1) is 11.6 Å². The Hall–Kier alpha value is -0.890. The third-order valence-electron chi connectivity index (χ3n) is 4.16. The van der Waals surface area contributed by atoms with Crippen LogP contribution in [-0.4, -0.2) is 13.2 Å². The van der Waals surface area contributed by atoms with E-state index in [1.807, 2.05) is 6.07 Å². The van der Waals surface area contributed by atoms with E-state index in [-0.39, 0.29) is 5.38 Å². The topological polar surface area (TPSA) is 18.5 Å². The molecule has 1 aromatic carbocycles. The van der Waals surface area contributed by atoms with Crippen LogP contribution in [0, 0.1) is 17.8 Å². The van der Waals surface area contributed by atoms with E-state index in [0.717, 1.165) is 29.6 Å². The van der Waals surface area contributed by atoms with E-state index >= 15 is 0 Å². The maximum Gasteiger partial charge on any atom is 0.161 e. The molecule has 0 bridgehead atoms. The Bertz CT molecular complexity index is 456. The van der Waals surface area contributed by atoms with Gasteiger partial charge >= 0.3 is 0 Å². The van der Waals surface area contributed by atoms with Crippen molar-refractivity contribution in [1.29, 1.82) is 0 Å². The maximum atomic E-state index is 6.61. The van der Waals surface area contributed by atoms with Crippen molar-refractivity contribution >= 4 is 11.6 Å². The molecule has 19 heavy (non-hydrogen) atoms. The molecule has 104 valence electrons. The lowest BCUT2D eigenvalue weighted by molar-refractivity contribution is 0.228. The first-order chi connectivity index (χ1) is 9.15. The molecule has 1 saturated carbocycles. The highest BCUT2D eigenvalue weighted by molar-refractivity contribution is 6.21. The van der Waals surface area contributed by atoms with Crippen LogP contribution in [0.4, 0.5) is 0 Å². The van der Waals surface area contributed by atoms with Crippen LogP contribution in [-0.2, 0) is 0 Å². The summed E-state index contributed by atoms with van der Waals surface area (Å²) >= 11 is 6.61. The molecule has 3 heteroatoms. The number of hydrogen-bond acceptors (Lipinski definition) is 2. The highest BCUT2D eigenvalue weighted by atomic mass is 35.5. The van der Waals surface area contributed by atoms with Gasteiger partial charge in [-0.2, -0.15) is 0 Å². The van der Waals surface area contributed by atoms with Crippen molar-refractivity contribution in [2.45, 2.75) is 32.1 Å². The second kappa shape index (κ2) is 5.24. The number of rotatable bonds is 3. The molecule has 2 aliphatic rings. The van der Waals surface area contributed by atoms with Gasteiger partial charge in [0.05, 0.1) is 18.6 Å². The van der Waals surface area contributed by atoms with Gasteiger partial charge in [-0.1, -0.05) is 19.9 Å². The summed E-state index contributed by atoms with van der Waals surface area (Å²) in [6, 6.07) is 6.14. The Morgan fingerprint density at radius 3 is 2.53 bits per heavy atom. The van der Waals surface area contributed by atoms with Crippen molar-refractivity contribution in [3.05, 3.63) is 23.8 Å². The summed E-state index contributed by atoms with van der Waals surface area (Å²) in [6.07, 6.45) is 2.65. The van der Waals surface area contributed by atoms with Crippen molar-refractivity contribution in [1.82, 2.24) is 0 Å². The molecule has 0 aromatic heterocycles. The first-order valence-electron chi connectivity index (χ1n) is 7.18. The summed E-state index contributed by atoms with van der Waals surface area (Å²) in [5.74, 6) is 3.45. The molecule has 0 spiro atoms. The van der Waals surface area contributed by atoms with Crippen molar-refractivity contribution in [3.8, 4) is 11.5 Å². The molecule has 0 N–H and O–H groups in total. The Morgan fingerprint density at radius 2 is 1.84 bits per heavy atom. The molecule has 0 amide bonds. The molecule has 0 saturated heterocycles. The Labute approximate surface area is 120 Å². The van der Waals surface area contributed by atoms with E-state index in [9.17, 15) is 0 Å². The number of alkyl halides is 1. The average molecular weight is 281 g/mol. The second-order valence-electron chi connectivity index (χ2n) is 6.03. The molecule has 3 atom stereocenters. The standard InChI is InChI=1S/C16H21ClO2/c1-10-8-18-14-6-5-13(7-15(14)19-9-10)16(17)11(2)12-3-4-12/h5-7,10-12,16H,3-4,8-9H2,1-2H3. The van der Waals surface area contributed by atoms with Gasteiger partial charge in [-0.3, -0.25) is 0 Å². The number of ether oxygens (including phenoxy) is 2. The summed E-state index contributed by atoms with van der Waals surface area (Å²) in [7, 11) is 0. The quantitative estimate of drug-likeness (QED) is 0.763. The number of benzene rings is 1. The molecule has 3 rings (SSSR count). The van der Waals surface area contributed by atoms with Crippen LogP contribution in [0.15, 0.2) is 18.2 Å². The van der Waals surface area contributed by atoms with Crippen molar-refractivity contribution in [3.63, 3.8) is 0 Å². The zero-order valence-corrected chi connectivity index (χ0v) is 12.3. The normalized spacial score (nSPS) is 25.5. The van der Waals surface area contributed by atoms with Crippen molar-refractivity contribution < 1.29 is 9.47 Å². The molecule has 0 radical (unpaired) electrons. The van der Waals surface area contributed by atoms with Gasteiger partial charge in [-0.25, -0.2) is 0 Å². The SMILES string of the molecule is CC1COc2ccc(C(Cl)C(C)C3CC3)cc2OC1. The smallest absolute Gasteiger partial charge is 0.161 e. The van der Waals surface area contributed by atoms with Crippen LogP contribution in [0.3, 0.4) is 0 Å². The minimum absolute atomic E-state index is 0.0714. The summed E-state index contributed by atoms with van der Waals surface area (Å²) in [5.41, 5.74) is 1.15. The van der Waals surface area contributed by atoms with Gasteiger partial charge in [0.15, 0.2) is 11.5 Å². The summed E-state index contributed by atoms with van der Waals surface area (Å²) in [5, 5.41) is 0.0714. The Balaban J connectivity index is 1.80. The third kappa shape index (κ3) is 2.84. The van der Waals surface area contributed by atoms with Gasteiger partial charge in [0.2, 0.25) is 0 Å². The third-order valence-corrected chi connectivity index (χ3v) is 4.81. The fraction of sp³-hybridized carbons (Fsp3) is 0.625. The molecule has 3 unspecified atom stereocenters. The number of halogens is 1. The van der Waals surface area contributed by atoms with Crippen molar-refractivity contribution in [2.75, 3.05) is 13.2 Å². The predicted molar refractivity (Wildman–Crippen MR) is 77.1 cm³/mol. The second-order valence-corrected chi connectivity index (χ2v) is 6.50. The highest BCUT2D eigenvalue weighted by Gasteiger charge is 2.33. The molecule has 1 fully saturated rings. The van der Waals surface area contributed by atoms with Gasteiger partial charge in [0.25, 0.3) is 0 Å². The average Bonchev–Trinajstić information content (AvgIpc) is 3.25. The largest absolute Gasteiger partial charge is 0.489 e. The molecule has 1 aliphatic heterocycles. The van der Waals surface area contributed by atoms with Gasteiger partial charge in [0.1, 0.15) is 0 Å². The van der Waals surface area contributed by atoms with E-state index in [1.54, 1.807) is 0 Å². The zero-order valence-electron chi connectivity index (χ0n) is 11.6. The van der Waals surface area contributed by atoms with Crippen LogP contribution in [0.2, 0.25) is 0 Å². The number of fused-ring (bicyclic) bond motifs is 1. The molecule has 1 aliphatic carbocycles. The van der Waals surface area contributed by atoms with Crippen LogP contribution in [0.25, 0.3) is 0 Å². The highest BCUT2D eigenvalue weighted by Crippen LogP contribution is 2.46. The zero-order chi connectivity index (χ0) is 13.4. The predicted octanol–water partition coefficient (Wildman–Crippen LogP) is 4.42. The van der Waals surface area contributed by atoms with E-state index in [0.29, 0.717) is 18.4 Å². The molecular formula is C16H21ClO2. The first kappa shape index (κ1) is 13.1. The van der Waals surface area contributed by atoms with E-state index in [2.05, 4.69) is 26.0 Å². The fourth-order valence-electron chi connectivity index (χ4n) is 2.60. The minimum atomic E-state index is 0.0714. The summed E-state index contributed by atoms with van der Waals surface area (Å²) < 4.78 is 11.6. The Morgan fingerprint density at radius 1 is 1.16 bits per heavy atom. The van der Waals surface area contributed by atoms with Crippen molar-refractivity contribution in [2.24, 2.45) is 17.8 Å². The van der Waals surface area contributed by atoms with Crippen LogP contribution in [0.5, 0.6) is 11.5 Å². The minimum Gasteiger partial charge on any atom is -0.489 e. The van der Waals surface area contributed by atoms with Crippen LogP contribution < -0.4 is 9.47 Å². The lowest BCUT2D eigenvalue weighted by Crippen LogP contribution is -2.12. The first-order valence-corrected chi connectivity index (χ1v) is 7.62. The Kier molecular flexibility index (Phi) is 3.62. The van der Waals surface area contributed by atoms with Crippen LogP contribution in [0.1, 0.15) is 37.6 Å². The molecule has 1 heterocycles. The molecule has 1 aromatic rings. The fourth-order valence-corrected chi connectivity index (χ4v) is 2.95. The van der Waals surface area contributed by atoms with Gasteiger partial charge in [-0.05, 0) is 42.4 Å². The molecular weight excluding hydrogens is 260 g/mol. The summed E-state index contributed by atoms with van der Waals surface area (Å²) in [4.78, 5) is 0. The molecule has 2 nitrogen and oxygen atoms in total. The summed E-state index contributed by atoms with van der Waals surface area (Å²) in [6.45, 7) is 5.81.